The Morgan fingerprint density at radius 2 is 2.05 bits per heavy atom. The Hall–Kier alpha value is -1.72. The van der Waals surface area contributed by atoms with Crippen molar-refractivity contribution in [3.05, 3.63) is 34.9 Å². The van der Waals surface area contributed by atoms with Crippen molar-refractivity contribution in [2.75, 3.05) is 6.54 Å². The summed E-state index contributed by atoms with van der Waals surface area (Å²) < 4.78 is 0. The van der Waals surface area contributed by atoms with Gasteiger partial charge in [-0.05, 0) is 24.6 Å². The molecule has 1 aliphatic heterocycles. The van der Waals surface area contributed by atoms with Crippen LogP contribution in [-0.2, 0) is 9.59 Å². The maximum atomic E-state index is 12.0. The fourth-order valence-electron chi connectivity index (χ4n) is 1.92. The molecule has 19 heavy (non-hydrogen) atoms. The molecular formula is C13H14ClN3O2. The van der Waals surface area contributed by atoms with Gasteiger partial charge in [0.15, 0.2) is 0 Å². The molecule has 0 aromatic heterocycles. The van der Waals surface area contributed by atoms with Gasteiger partial charge in [-0.3, -0.25) is 9.59 Å². The van der Waals surface area contributed by atoms with Crippen molar-refractivity contribution in [2.24, 2.45) is 10.7 Å². The number of amidine groups is 1. The van der Waals surface area contributed by atoms with Crippen LogP contribution >= 0.6 is 11.6 Å². The zero-order valence-electron chi connectivity index (χ0n) is 10.2. The average Bonchev–Trinajstić information content (AvgIpc) is 2.38. The van der Waals surface area contributed by atoms with E-state index in [1.807, 2.05) is 0 Å². The molecule has 2 rings (SSSR count). The Morgan fingerprint density at radius 3 is 2.68 bits per heavy atom. The largest absolute Gasteiger partial charge is 0.330 e. The molecule has 6 heteroatoms. The number of nitrogens with two attached hydrogens (primary N) is 1. The fraction of sp³-hybridized carbons (Fsp3) is 0.308. The molecule has 1 aromatic rings. The van der Waals surface area contributed by atoms with Crippen LogP contribution in [0.1, 0.15) is 24.3 Å². The highest BCUT2D eigenvalue weighted by atomic mass is 35.5. The van der Waals surface area contributed by atoms with Crippen LogP contribution in [0.4, 0.5) is 0 Å². The van der Waals surface area contributed by atoms with Crippen LogP contribution in [0.5, 0.6) is 0 Å². The lowest BCUT2D eigenvalue weighted by atomic mass is 9.96. The summed E-state index contributed by atoms with van der Waals surface area (Å²) >= 11 is 6.01. The summed E-state index contributed by atoms with van der Waals surface area (Å²) in [4.78, 5) is 27.9. The van der Waals surface area contributed by atoms with Crippen molar-refractivity contribution in [1.29, 1.82) is 0 Å². The molecule has 0 spiro atoms. The molecule has 2 amide bonds. The first-order valence-electron chi connectivity index (χ1n) is 6.00. The highest BCUT2D eigenvalue weighted by Gasteiger charge is 2.34. The van der Waals surface area contributed by atoms with Crippen LogP contribution in [0.3, 0.4) is 0 Å². The summed E-state index contributed by atoms with van der Waals surface area (Å²) in [7, 11) is 0. The van der Waals surface area contributed by atoms with Crippen molar-refractivity contribution in [3.8, 4) is 0 Å². The van der Waals surface area contributed by atoms with E-state index >= 15 is 0 Å². The van der Waals surface area contributed by atoms with E-state index in [0.29, 0.717) is 35.8 Å². The third-order valence-corrected chi connectivity index (χ3v) is 3.20. The first kappa shape index (κ1) is 13.7. The molecule has 5 nitrogen and oxygen atoms in total. The van der Waals surface area contributed by atoms with E-state index in [1.54, 1.807) is 24.3 Å². The van der Waals surface area contributed by atoms with E-state index < -0.39 is 11.8 Å². The standard InChI is InChI=1S/C13H14ClN3O2/c14-9-5-2-1-4-8(9)11-12(18)16-10(6-3-7-15)17-13(11)19/h1-2,4-5,11H,3,6-7,15H2,(H,16,17,18,19). The molecule has 0 bridgehead atoms. The van der Waals surface area contributed by atoms with Crippen molar-refractivity contribution < 1.29 is 9.59 Å². The number of nitrogens with zero attached hydrogens (tertiary/aromatic N) is 1. The predicted molar refractivity (Wildman–Crippen MR) is 73.1 cm³/mol. The number of hydrogen-bond acceptors (Lipinski definition) is 3. The number of benzene rings is 1. The fourth-order valence-corrected chi connectivity index (χ4v) is 2.17. The minimum Gasteiger partial charge on any atom is -0.330 e. The van der Waals surface area contributed by atoms with Gasteiger partial charge in [-0.15, -0.1) is 0 Å². The Labute approximate surface area is 115 Å². The quantitative estimate of drug-likeness (QED) is 0.813. The first-order valence-corrected chi connectivity index (χ1v) is 6.38. The Kier molecular flexibility index (Phi) is 4.29. The lowest BCUT2D eigenvalue weighted by molar-refractivity contribution is -0.129. The lowest BCUT2D eigenvalue weighted by Gasteiger charge is -2.21. The van der Waals surface area contributed by atoms with Crippen molar-refractivity contribution in [2.45, 2.75) is 18.8 Å². The zero-order valence-corrected chi connectivity index (χ0v) is 11.0. The number of carbonyl (C=O) groups excluding carboxylic acids is 2. The summed E-state index contributed by atoms with van der Waals surface area (Å²) in [5.41, 5.74) is 5.86. The molecule has 0 aliphatic carbocycles. The van der Waals surface area contributed by atoms with Crippen molar-refractivity contribution in [3.63, 3.8) is 0 Å². The SMILES string of the molecule is NCCCC1=NC(=O)C(c2ccccc2Cl)C(=O)N1. The number of nitrogens with one attached hydrogen (secondary N) is 1. The molecule has 1 aromatic carbocycles. The van der Waals surface area contributed by atoms with Crippen LogP contribution in [-0.4, -0.2) is 24.2 Å². The second-order valence-corrected chi connectivity index (χ2v) is 4.64. The third kappa shape index (κ3) is 3.00. The molecule has 0 radical (unpaired) electrons. The van der Waals surface area contributed by atoms with Gasteiger partial charge in [0.25, 0.3) is 5.91 Å². The van der Waals surface area contributed by atoms with Gasteiger partial charge in [-0.25, -0.2) is 0 Å². The van der Waals surface area contributed by atoms with Crippen LogP contribution in [0.25, 0.3) is 0 Å². The van der Waals surface area contributed by atoms with E-state index in [2.05, 4.69) is 10.3 Å². The zero-order chi connectivity index (χ0) is 13.8. The lowest BCUT2D eigenvalue weighted by Crippen LogP contribution is -2.42. The molecule has 1 heterocycles. The smallest absolute Gasteiger partial charge is 0.264 e. The van der Waals surface area contributed by atoms with Crippen LogP contribution in [0.15, 0.2) is 29.3 Å². The highest BCUT2D eigenvalue weighted by molar-refractivity contribution is 6.32. The molecule has 0 fully saturated rings. The van der Waals surface area contributed by atoms with Gasteiger partial charge >= 0.3 is 0 Å². The molecule has 1 unspecified atom stereocenters. The summed E-state index contributed by atoms with van der Waals surface area (Å²) in [6, 6.07) is 6.78. The molecule has 1 atom stereocenters. The molecule has 3 N–H and O–H groups in total. The normalized spacial score (nSPS) is 19.1. The van der Waals surface area contributed by atoms with Gasteiger partial charge in [-0.2, -0.15) is 4.99 Å². The highest BCUT2D eigenvalue weighted by Crippen LogP contribution is 2.27. The van der Waals surface area contributed by atoms with Gasteiger partial charge in [0.05, 0.1) is 0 Å². The minimum absolute atomic E-state index is 0.378. The molecule has 0 saturated carbocycles. The predicted octanol–water partition coefficient (Wildman–Crippen LogP) is 1.22. The number of aliphatic imine (C=N–C) groups is 1. The van der Waals surface area contributed by atoms with E-state index in [4.69, 9.17) is 17.3 Å². The van der Waals surface area contributed by atoms with E-state index in [0.717, 1.165) is 0 Å². The second kappa shape index (κ2) is 5.95. The van der Waals surface area contributed by atoms with Gasteiger partial charge in [0.1, 0.15) is 11.8 Å². The Balaban J connectivity index is 2.25. The van der Waals surface area contributed by atoms with Gasteiger partial charge in [0.2, 0.25) is 5.91 Å². The van der Waals surface area contributed by atoms with Crippen molar-refractivity contribution in [1.82, 2.24) is 5.32 Å². The Morgan fingerprint density at radius 1 is 1.32 bits per heavy atom. The minimum atomic E-state index is -0.963. The van der Waals surface area contributed by atoms with Crippen molar-refractivity contribution >= 4 is 29.3 Å². The molecule has 1 aliphatic rings. The second-order valence-electron chi connectivity index (χ2n) is 4.23. The summed E-state index contributed by atoms with van der Waals surface area (Å²) in [5, 5.41) is 3.02. The van der Waals surface area contributed by atoms with Gasteiger partial charge in [0, 0.05) is 11.4 Å². The maximum Gasteiger partial charge on any atom is 0.264 e. The number of rotatable bonds is 4. The average molecular weight is 280 g/mol. The Bertz CT molecular complexity index is 542. The summed E-state index contributed by atoms with van der Waals surface area (Å²) in [5.74, 6) is -1.46. The number of hydrogen-bond donors (Lipinski definition) is 2. The maximum absolute atomic E-state index is 12.0. The first-order chi connectivity index (χ1) is 9.13. The van der Waals surface area contributed by atoms with E-state index in [1.165, 1.54) is 0 Å². The van der Waals surface area contributed by atoms with Crippen LogP contribution in [0, 0.1) is 0 Å². The van der Waals surface area contributed by atoms with Crippen LogP contribution < -0.4 is 11.1 Å². The monoisotopic (exact) mass is 279 g/mol. The molecular weight excluding hydrogens is 266 g/mol. The van der Waals surface area contributed by atoms with E-state index in [9.17, 15) is 9.59 Å². The van der Waals surface area contributed by atoms with Gasteiger partial charge < -0.3 is 11.1 Å². The summed E-state index contributed by atoms with van der Waals surface area (Å²) in [6.45, 7) is 0.483. The molecule has 100 valence electrons. The number of carbonyl (C=O) groups is 2. The summed E-state index contributed by atoms with van der Waals surface area (Å²) in [6.07, 6.45) is 1.16. The third-order valence-electron chi connectivity index (χ3n) is 2.86. The topological polar surface area (TPSA) is 84.5 Å². The van der Waals surface area contributed by atoms with E-state index in [-0.39, 0.29) is 5.91 Å². The number of halogens is 1. The number of amides is 2. The van der Waals surface area contributed by atoms with Gasteiger partial charge in [-0.1, -0.05) is 29.8 Å². The van der Waals surface area contributed by atoms with Crippen LogP contribution in [0.2, 0.25) is 5.02 Å². The molecule has 0 saturated heterocycles.